The number of carbonyl (C=O) groups is 1. The van der Waals surface area contributed by atoms with Crippen LogP contribution in [0.2, 0.25) is 0 Å². The lowest BCUT2D eigenvalue weighted by Crippen LogP contribution is -2.41. The van der Waals surface area contributed by atoms with E-state index in [1.54, 1.807) is 0 Å². The zero-order chi connectivity index (χ0) is 27.7. The van der Waals surface area contributed by atoms with E-state index in [4.69, 9.17) is 14.2 Å². The minimum Gasteiger partial charge on any atom is -0.492 e. The van der Waals surface area contributed by atoms with Gasteiger partial charge in [-0.3, -0.25) is 4.79 Å². The predicted molar refractivity (Wildman–Crippen MR) is 155 cm³/mol. The number of anilines is 2. The summed E-state index contributed by atoms with van der Waals surface area (Å²) in [5.74, 6) is 2.15. The van der Waals surface area contributed by atoms with Crippen molar-refractivity contribution in [1.82, 2.24) is 5.32 Å². The number of ether oxygens (including phenoxy) is 3. The number of nitrogens with zero attached hydrogens (tertiary/aromatic N) is 1. The van der Waals surface area contributed by atoms with Gasteiger partial charge >= 0.3 is 0 Å². The van der Waals surface area contributed by atoms with Gasteiger partial charge in [-0.25, -0.2) is 0 Å². The molecule has 40 heavy (non-hydrogen) atoms. The van der Waals surface area contributed by atoms with Crippen molar-refractivity contribution in [2.45, 2.75) is 25.5 Å². The number of carbonyl (C=O) groups excluding carboxylic acids is 1. The molecule has 0 fully saturated rings. The lowest BCUT2D eigenvalue weighted by atomic mass is 10.0. The van der Waals surface area contributed by atoms with Gasteiger partial charge in [-0.15, -0.1) is 0 Å². The molecule has 0 bridgehead atoms. The van der Waals surface area contributed by atoms with Crippen molar-refractivity contribution in [2.24, 2.45) is 0 Å². The molecule has 1 aliphatic rings. The van der Waals surface area contributed by atoms with Gasteiger partial charge in [0.05, 0.1) is 30.6 Å². The Morgan fingerprint density at radius 1 is 0.875 bits per heavy atom. The summed E-state index contributed by atoms with van der Waals surface area (Å²) in [5, 5.41) is 12.8. The second-order valence-corrected chi connectivity index (χ2v) is 9.48. The van der Waals surface area contributed by atoms with Crippen molar-refractivity contribution >= 4 is 17.3 Å². The highest BCUT2D eigenvalue weighted by Gasteiger charge is 2.24. The van der Waals surface area contributed by atoms with Crippen LogP contribution in [0, 0.1) is 0 Å². The van der Waals surface area contributed by atoms with Crippen LogP contribution in [0.3, 0.4) is 0 Å². The van der Waals surface area contributed by atoms with Crippen LogP contribution >= 0.6 is 0 Å². The van der Waals surface area contributed by atoms with E-state index in [0.29, 0.717) is 26.2 Å². The molecule has 0 spiro atoms. The molecule has 0 saturated carbocycles. The Hall–Kier alpha value is -4.33. The highest BCUT2D eigenvalue weighted by molar-refractivity contribution is 5.81. The average Bonchev–Trinajstić information content (AvgIpc) is 3.00. The van der Waals surface area contributed by atoms with E-state index in [1.165, 1.54) is 0 Å². The van der Waals surface area contributed by atoms with Gasteiger partial charge in [-0.1, -0.05) is 66.7 Å². The van der Waals surface area contributed by atoms with E-state index in [9.17, 15) is 9.90 Å². The van der Waals surface area contributed by atoms with E-state index >= 15 is 0 Å². The van der Waals surface area contributed by atoms with Crippen molar-refractivity contribution in [3.05, 3.63) is 114 Å². The summed E-state index contributed by atoms with van der Waals surface area (Å²) in [6, 6.07) is 32.7. The van der Waals surface area contributed by atoms with Gasteiger partial charge in [-0.2, -0.15) is 0 Å². The fraction of sp³-hybridized carbons (Fsp3) is 0.242. The van der Waals surface area contributed by atoms with Gasteiger partial charge in [0.2, 0.25) is 5.91 Å². The third kappa shape index (κ3) is 6.45. The van der Waals surface area contributed by atoms with Crippen molar-refractivity contribution in [3.63, 3.8) is 0 Å². The number of nitrogens with one attached hydrogen (secondary N) is 1. The maximum Gasteiger partial charge on any atom is 0.250 e. The van der Waals surface area contributed by atoms with Gasteiger partial charge in [0, 0.05) is 13.0 Å². The van der Waals surface area contributed by atoms with Gasteiger partial charge in [0.15, 0.2) is 11.5 Å². The topological polar surface area (TPSA) is 80.3 Å². The van der Waals surface area contributed by atoms with Gasteiger partial charge < -0.3 is 29.5 Å². The number of hydrogen-bond donors (Lipinski definition) is 2. The van der Waals surface area contributed by atoms with Crippen LogP contribution in [0.5, 0.6) is 17.2 Å². The molecule has 2 atom stereocenters. The molecular formula is C33H34N2O5. The van der Waals surface area contributed by atoms with Crippen LogP contribution in [-0.2, 0) is 16.0 Å². The first-order valence-corrected chi connectivity index (χ1v) is 13.6. The molecule has 2 unspecified atom stereocenters. The van der Waals surface area contributed by atoms with Gasteiger partial charge in [0.25, 0.3) is 0 Å². The second kappa shape index (κ2) is 13.2. The molecule has 4 aromatic rings. The van der Waals surface area contributed by atoms with E-state index in [-0.39, 0.29) is 12.5 Å². The SMILES string of the molecule is CCOC(Cc1ccc(OCCN2c3ccccc3Oc3ccccc32)cc1)C(=O)NC(CO)c1ccccc1. The number of rotatable bonds is 12. The molecule has 2 N–H and O–H groups in total. The summed E-state index contributed by atoms with van der Waals surface area (Å²) in [4.78, 5) is 15.2. The highest BCUT2D eigenvalue weighted by atomic mass is 16.5. The minimum atomic E-state index is -0.670. The predicted octanol–water partition coefficient (Wildman–Crippen LogP) is 5.81. The van der Waals surface area contributed by atoms with Crippen LogP contribution in [0.4, 0.5) is 11.4 Å². The molecule has 0 aliphatic carbocycles. The van der Waals surface area contributed by atoms with E-state index in [2.05, 4.69) is 10.2 Å². The summed E-state index contributed by atoms with van der Waals surface area (Å²) < 4.78 is 17.9. The number of benzene rings is 4. The van der Waals surface area contributed by atoms with Crippen molar-refractivity contribution in [2.75, 3.05) is 31.3 Å². The molecule has 0 saturated heterocycles. The van der Waals surface area contributed by atoms with Crippen molar-refractivity contribution < 1.29 is 24.1 Å². The van der Waals surface area contributed by atoms with E-state index < -0.39 is 12.1 Å². The standard InChI is InChI=1S/C33H34N2O5/c1-2-38-32(33(37)34-27(23-36)25-10-4-3-5-11-25)22-24-16-18-26(19-17-24)39-21-20-35-28-12-6-8-14-30(28)40-31-15-9-7-13-29(31)35/h3-19,27,32,36H,2,20-23H2,1H3,(H,34,37). The smallest absolute Gasteiger partial charge is 0.250 e. The normalized spacial score (nSPS) is 13.4. The Morgan fingerprint density at radius 2 is 1.50 bits per heavy atom. The van der Waals surface area contributed by atoms with E-state index in [0.717, 1.165) is 39.8 Å². The quantitative estimate of drug-likeness (QED) is 0.237. The molecular weight excluding hydrogens is 504 g/mol. The van der Waals surface area contributed by atoms with Gasteiger partial charge in [0.1, 0.15) is 18.5 Å². The molecule has 1 aliphatic heterocycles. The first-order chi connectivity index (χ1) is 19.7. The Morgan fingerprint density at radius 3 is 2.12 bits per heavy atom. The van der Waals surface area contributed by atoms with Crippen molar-refractivity contribution in [3.8, 4) is 17.2 Å². The number of para-hydroxylation sites is 4. The third-order valence-electron chi connectivity index (χ3n) is 6.82. The minimum absolute atomic E-state index is 0.192. The highest BCUT2D eigenvalue weighted by Crippen LogP contribution is 2.45. The number of fused-ring (bicyclic) bond motifs is 2. The molecule has 7 nitrogen and oxygen atoms in total. The summed E-state index contributed by atoms with van der Waals surface area (Å²) in [6.45, 7) is 3.21. The lowest BCUT2D eigenvalue weighted by Gasteiger charge is -2.32. The van der Waals surface area contributed by atoms with Crippen LogP contribution in [0.15, 0.2) is 103 Å². The number of hydrogen-bond acceptors (Lipinski definition) is 6. The Kier molecular flexibility index (Phi) is 8.96. The molecule has 4 aromatic carbocycles. The Balaban J connectivity index is 1.18. The third-order valence-corrected chi connectivity index (χ3v) is 6.82. The average molecular weight is 539 g/mol. The van der Waals surface area contributed by atoms with Crippen LogP contribution in [0.1, 0.15) is 24.1 Å². The Bertz CT molecular complexity index is 1350. The fourth-order valence-corrected chi connectivity index (χ4v) is 4.83. The maximum absolute atomic E-state index is 13.0. The monoisotopic (exact) mass is 538 g/mol. The van der Waals surface area contributed by atoms with Crippen LogP contribution in [0.25, 0.3) is 0 Å². The first kappa shape index (κ1) is 27.2. The zero-order valence-corrected chi connectivity index (χ0v) is 22.5. The second-order valence-electron chi connectivity index (χ2n) is 9.48. The molecule has 5 rings (SSSR count). The van der Waals surface area contributed by atoms with Gasteiger partial charge in [-0.05, 0) is 54.4 Å². The maximum atomic E-state index is 13.0. The van der Waals surface area contributed by atoms with Crippen LogP contribution < -0.4 is 19.7 Å². The number of aliphatic hydroxyl groups excluding tert-OH is 1. The first-order valence-electron chi connectivity index (χ1n) is 13.6. The molecule has 0 aromatic heterocycles. The molecule has 206 valence electrons. The number of amides is 1. The summed E-state index contributed by atoms with van der Waals surface area (Å²) in [5.41, 5.74) is 3.82. The lowest BCUT2D eigenvalue weighted by molar-refractivity contribution is -0.133. The molecule has 1 heterocycles. The number of aliphatic hydroxyl groups is 1. The Labute approximate surface area is 234 Å². The molecule has 7 heteroatoms. The fourth-order valence-electron chi connectivity index (χ4n) is 4.83. The zero-order valence-electron chi connectivity index (χ0n) is 22.5. The largest absolute Gasteiger partial charge is 0.492 e. The summed E-state index contributed by atoms with van der Waals surface area (Å²) in [6.07, 6.45) is -0.259. The van der Waals surface area contributed by atoms with Crippen LogP contribution in [-0.4, -0.2) is 43.5 Å². The molecule has 0 radical (unpaired) electrons. The molecule has 1 amide bonds. The van der Waals surface area contributed by atoms with E-state index in [1.807, 2.05) is 110 Å². The van der Waals surface area contributed by atoms with Crippen molar-refractivity contribution in [1.29, 1.82) is 0 Å². The summed E-state index contributed by atoms with van der Waals surface area (Å²) >= 11 is 0. The summed E-state index contributed by atoms with van der Waals surface area (Å²) in [7, 11) is 0.